The Balaban J connectivity index is 1.85. The zero-order valence-corrected chi connectivity index (χ0v) is 18.7. The van der Waals surface area contributed by atoms with E-state index in [4.69, 9.17) is 19.2 Å². The summed E-state index contributed by atoms with van der Waals surface area (Å²) in [5, 5.41) is 6.95. The molecule has 2 rings (SSSR count). The van der Waals surface area contributed by atoms with Crippen molar-refractivity contribution < 1.29 is 14.2 Å². The number of nitrogens with one attached hydrogen (secondary N) is 2. The van der Waals surface area contributed by atoms with Crippen LogP contribution in [0.3, 0.4) is 0 Å². The zero-order valence-electron chi connectivity index (χ0n) is 18.7. The average Bonchev–Trinajstić information content (AvgIpc) is 2.73. The molecule has 1 fully saturated rings. The van der Waals surface area contributed by atoms with Gasteiger partial charge in [-0.1, -0.05) is 0 Å². The monoisotopic (exact) mass is 406 g/mol. The SMILES string of the molecule is CCNC(=NCCCOC(C)C)NC1CCN(c2cc(OC)cc(OC)c2)CC1. The van der Waals surface area contributed by atoms with E-state index in [0.717, 1.165) is 75.2 Å². The maximum Gasteiger partial charge on any atom is 0.191 e. The molecular weight excluding hydrogens is 368 g/mol. The highest BCUT2D eigenvalue weighted by molar-refractivity contribution is 5.80. The molecule has 0 radical (unpaired) electrons. The lowest BCUT2D eigenvalue weighted by molar-refractivity contribution is 0.0782. The molecule has 7 nitrogen and oxygen atoms in total. The van der Waals surface area contributed by atoms with Gasteiger partial charge >= 0.3 is 0 Å². The Morgan fingerprint density at radius 1 is 1.14 bits per heavy atom. The molecule has 0 aliphatic carbocycles. The van der Waals surface area contributed by atoms with E-state index in [1.807, 2.05) is 6.07 Å². The Labute approximate surface area is 175 Å². The molecule has 1 aromatic rings. The second-order valence-electron chi connectivity index (χ2n) is 7.51. The fraction of sp³-hybridized carbons (Fsp3) is 0.682. The number of methoxy groups -OCH3 is 2. The molecule has 29 heavy (non-hydrogen) atoms. The lowest BCUT2D eigenvalue weighted by Crippen LogP contribution is -2.48. The summed E-state index contributed by atoms with van der Waals surface area (Å²) in [6.45, 7) is 10.6. The molecule has 1 aromatic carbocycles. The number of piperidine rings is 1. The number of rotatable bonds is 10. The van der Waals surface area contributed by atoms with Gasteiger partial charge in [0.05, 0.1) is 20.3 Å². The summed E-state index contributed by atoms with van der Waals surface area (Å²) in [4.78, 5) is 7.08. The minimum absolute atomic E-state index is 0.278. The second-order valence-corrected chi connectivity index (χ2v) is 7.51. The predicted octanol–water partition coefficient (Wildman–Crippen LogP) is 3.04. The van der Waals surface area contributed by atoms with Crippen LogP contribution >= 0.6 is 0 Å². The highest BCUT2D eigenvalue weighted by atomic mass is 16.5. The summed E-state index contributed by atoms with van der Waals surface area (Å²) >= 11 is 0. The Bertz CT molecular complexity index is 606. The summed E-state index contributed by atoms with van der Waals surface area (Å²) in [5.41, 5.74) is 1.14. The molecule has 0 atom stereocenters. The van der Waals surface area contributed by atoms with Crippen LogP contribution in [0, 0.1) is 0 Å². The third-order valence-electron chi connectivity index (χ3n) is 4.90. The Morgan fingerprint density at radius 2 is 1.79 bits per heavy atom. The molecule has 0 bridgehead atoms. The predicted molar refractivity (Wildman–Crippen MR) is 120 cm³/mol. The molecule has 0 unspecified atom stereocenters. The van der Waals surface area contributed by atoms with E-state index in [9.17, 15) is 0 Å². The highest BCUT2D eigenvalue weighted by Crippen LogP contribution is 2.30. The standard InChI is InChI=1S/C22H38N4O3/c1-6-23-22(24-10-7-13-29-17(2)3)25-18-8-11-26(12-9-18)19-14-20(27-4)16-21(15-19)28-5/h14-18H,6-13H2,1-5H3,(H2,23,24,25). The fourth-order valence-electron chi connectivity index (χ4n) is 3.34. The van der Waals surface area contributed by atoms with Crippen LogP contribution in [0.2, 0.25) is 0 Å². The Morgan fingerprint density at radius 3 is 2.34 bits per heavy atom. The van der Waals surface area contributed by atoms with E-state index in [1.54, 1.807) is 14.2 Å². The van der Waals surface area contributed by atoms with Crippen LogP contribution in [-0.2, 0) is 4.74 Å². The highest BCUT2D eigenvalue weighted by Gasteiger charge is 2.21. The number of anilines is 1. The van der Waals surface area contributed by atoms with Crippen molar-refractivity contribution in [3.8, 4) is 11.5 Å². The third-order valence-corrected chi connectivity index (χ3v) is 4.90. The molecule has 1 heterocycles. The van der Waals surface area contributed by atoms with Crippen molar-refractivity contribution in [1.82, 2.24) is 10.6 Å². The molecule has 7 heteroatoms. The Kier molecular flexibility index (Phi) is 9.91. The number of aliphatic imine (C=N–C) groups is 1. The first-order valence-electron chi connectivity index (χ1n) is 10.7. The van der Waals surface area contributed by atoms with Crippen LogP contribution < -0.4 is 25.0 Å². The topological polar surface area (TPSA) is 67.4 Å². The van der Waals surface area contributed by atoms with Gasteiger partial charge in [-0.05, 0) is 40.0 Å². The molecule has 2 N–H and O–H groups in total. The molecule has 0 amide bonds. The van der Waals surface area contributed by atoms with Crippen LogP contribution in [0.5, 0.6) is 11.5 Å². The summed E-state index contributed by atoms with van der Waals surface area (Å²) in [7, 11) is 3.37. The molecule has 0 saturated carbocycles. The van der Waals surface area contributed by atoms with Crippen molar-refractivity contribution in [2.75, 3.05) is 51.9 Å². The van der Waals surface area contributed by atoms with E-state index in [2.05, 4.69) is 48.4 Å². The first-order valence-corrected chi connectivity index (χ1v) is 10.7. The lowest BCUT2D eigenvalue weighted by Gasteiger charge is -2.34. The molecule has 1 aliphatic rings. The van der Waals surface area contributed by atoms with Gasteiger partial charge in [0, 0.05) is 62.7 Å². The number of ether oxygens (including phenoxy) is 3. The number of benzene rings is 1. The van der Waals surface area contributed by atoms with Gasteiger partial charge in [-0.15, -0.1) is 0 Å². The molecule has 0 spiro atoms. The van der Waals surface area contributed by atoms with Crippen molar-refractivity contribution in [3.05, 3.63) is 18.2 Å². The summed E-state index contributed by atoms with van der Waals surface area (Å²) in [6, 6.07) is 6.47. The molecule has 1 aliphatic heterocycles. The van der Waals surface area contributed by atoms with Crippen molar-refractivity contribution in [2.45, 2.75) is 52.2 Å². The fourth-order valence-corrected chi connectivity index (χ4v) is 3.34. The van der Waals surface area contributed by atoms with Crippen molar-refractivity contribution in [2.24, 2.45) is 4.99 Å². The van der Waals surface area contributed by atoms with Crippen LogP contribution in [0.25, 0.3) is 0 Å². The van der Waals surface area contributed by atoms with Crippen molar-refractivity contribution in [1.29, 1.82) is 0 Å². The van der Waals surface area contributed by atoms with Gasteiger partial charge in [0.1, 0.15) is 11.5 Å². The molecular formula is C22H38N4O3. The van der Waals surface area contributed by atoms with E-state index < -0.39 is 0 Å². The van der Waals surface area contributed by atoms with Gasteiger partial charge < -0.3 is 29.7 Å². The van der Waals surface area contributed by atoms with Gasteiger partial charge in [0.15, 0.2) is 5.96 Å². The summed E-state index contributed by atoms with van der Waals surface area (Å²) in [5.74, 6) is 2.55. The van der Waals surface area contributed by atoms with Crippen LogP contribution in [-0.4, -0.2) is 65.1 Å². The molecule has 1 saturated heterocycles. The van der Waals surface area contributed by atoms with Crippen molar-refractivity contribution >= 4 is 11.6 Å². The molecule has 0 aromatic heterocycles. The van der Waals surface area contributed by atoms with Gasteiger partial charge in [0.25, 0.3) is 0 Å². The van der Waals surface area contributed by atoms with Crippen LogP contribution in [0.1, 0.15) is 40.0 Å². The maximum absolute atomic E-state index is 5.59. The lowest BCUT2D eigenvalue weighted by atomic mass is 10.0. The second kappa shape index (κ2) is 12.4. The van der Waals surface area contributed by atoms with E-state index >= 15 is 0 Å². The summed E-state index contributed by atoms with van der Waals surface area (Å²) < 4.78 is 16.4. The summed E-state index contributed by atoms with van der Waals surface area (Å²) in [6.07, 6.45) is 3.33. The van der Waals surface area contributed by atoms with E-state index in [-0.39, 0.29) is 6.10 Å². The maximum atomic E-state index is 5.59. The Hall–Kier alpha value is -2.15. The van der Waals surface area contributed by atoms with Crippen molar-refractivity contribution in [3.63, 3.8) is 0 Å². The zero-order chi connectivity index (χ0) is 21.1. The van der Waals surface area contributed by atoms with Gasteiger partial charge in [-0.3, -0.25) is 4.99 Å². The van der Waals surface area contributed by atoms with Gasteiger partial charge in [0.2, 0.25) is 0 Å². The number of hydrogen-bond acceptors (Lipinski definition) is 5. The minimum Gasteiger partial charge on any atom is -0.497 e. The number of guanidine groups is 1. The van der Waals surface area contributed by atoms with E-state index in [0.29, 0.717) is 6.04 Å². The number of hydrogen-bond donors (Lipinski definition) is 2. The van der Waals surface area contributed by atoms with Crippen LogP contribution in [0.15, 0.2) is 23.2 Å². The number of nitrogens with zero attached hydrogens (tertiary/aromatic N) is 2. The van der Waals surface area contributed by atoms with Gasteiger partial charge in [-0.2, -0.15) is 0 Å². The first-order chi connectivity index (χ1) is 14.0. The minimum atomic E-state index is 0.278. The first kappa shape index (κ1) is 23.1. The smallest absolute Gasteiger partial charge is 0.191 e. The largest absolute Gasteiger partial charge is 0.497 e. The van der Waals surface area contributed by atoms with Crippen LogP contribution in [0.4, 0.5) is 5.69 Å². The average molecular weight is 407 g/mol. The van der Waals surface area contributed by atoms with Gasteiger partial charge in [-0.25, -0.2) is 0 Å². The normalized spacial score (nSPS) is 15.5. The molecule has 164 valence electrons. The van der Waals surface area contributed by atoms with E-state index in [1.165, 1.54) is 0 Å². The quantitative estimate of drug-likeness (QED) is 0.354. The third kappa shape index (κ3) is 8.01.